The van der Waals surface area contributed by atoms with Gasteiger partial charge in [-0.3, -0.25) is 9.59 Å². The number of sulfonamides is 1. The predicted octanol–water partition coefficient (Wildman–Crippen LogP) is 1.07. The van der Waals surface area contributed by atoms with Crippen LogP contribution >= 0.6 is 11.3 Å². The number of nitrogens with zero attached hydrogens (tertiary/aromatic N) is 2. The fourth-order valence-corrected chi connectivity index (χ4v) is 5.68. The maximum absolute atomic E-state index is 12.7. The predicted molar refractivity (Wildman–Crippen MR) is 108 cm³/mol. The van der Waals surface area contributed by atoms with E-state index in [1.165, 1.54) is 9.21 Å². The molecule has 0 unspecified atom stereocenters. The summed E-state index contributed by atoms with van der Waals surface area (Å²) in [6.45, 7) is 9.28. The van der Waals surface area contributed by atoms with E-state index in [1.54, 1.807) is 12.1 Å². The monoisotopic (exact) mass is 431 g/mol. The largest absolute Gasteiger partial charge is 0.379 e. The van der Waals surface area contributed by atoms with Crippen molar-refractivity contribution in [3.63, 3.8) is 0 Å². The Morgan fingerprint density at radius 2 is 1.89 bits per heavy atom. The van der Waals surface area contributed by atoms with Gasteiger partial charge in [0.15, 0.2) is 0 Å². The van der Waals surface area contributed by atoms with Gasteiger partial charge < -0.3 is 15.0 Å². The van der Waals surface area contributed by atoms with Crippen molar-refractivity contribution in [3.05, 3.63) is 17.0 Å². The van der Waals surface area contributed by atoms with Crippen molar-refractivity contribution in [1.29, 1.82) is 0 Å². The highest BCUT2D eigenvalue weighted by molar-refractivity contribution is 7.91. The van der Waals surface area contributed by atoms with E-state index >= 15 is 0 Å². The third-order valence-corrected chi connectivity index (χ3v) is 7.56. The summed E-state index contributed by atoms with van der Waals surface area (Å²) in [5, 5.41) is 2.84. The van der Waals surface area contributed by atoms with Crippen LogP contribution in [0.3, 0.4) is 0 Å². The van der Waals surface area contributed by atoms with Crippen molar-refractivity contribution in [3.8, 4) is 0 Å². The average Bonchev–Trinajstić information content (AvgIpc) is 3.08. The number of morpholine rings is 1. The molecule has 2 heterocycles. The van der Waals surface area contributed by atoms with Crippen molar-refractivity contribution < 1.29 is 22.7 Å². The number of hydrogen-bond acceptors (Lipinski definition) is 6. The van der Waals surface area contributed by atoms with Gasteiger partial charge in [0.2, 0.25) is 11.8 Å². The molecule has 0 saturated carbocycles. The number of carbonyl (C=O) groups excluding carboxylic acids is 2. The van der Waals surface area contributed by atoms with E-state index in [-0.39, 0.29) is 34.5 Å². The molecule has 0 spiro atoms. The first-order valence-corrected chi connectivity index (χ1v) is 11.5. The van der Waals surface area contributed by atoms with Crippen molar-refractivity contribution >= 4 is 33.2 Å². The van der Waals surface area contributed by atoms with Crippen LogP contribution in [0.15, 0.2) is 16.3 Å². The van der Waals surface area contributed by atoms with E-state index in [0.717, 1.165) is 11.3 Å². The molecular weight excluding hydrogens is 402 g/mol. The van der Waals surface area contributed by atoms with Gasteiger partial charge in [-0.2, -0.15) is 4.31 Å². The van der Waals surface area contributed by atoms with E-state index in [2.05, 4.69) is 5.32 Å². The summed E-state index contributed by atoms with van der Waals surface area (Å²) in [5.41, 5.74) is -0.365. The summed E-state index contributed by atoms with van der Waals surface area (Å²) in [6.07, 6.45) is 0.0694. The Balaban J connectivity index is 2.01. The lowest BCUT2D eigenvalue weighted by Crippen LogP contribution is -2.47. The number of ether oxygens (including phenoxy) is 1. The van der Waals surface area contributed by atoms with Gasteiger partial charge in [0.25, 0.3) is 10.0 Å². The number of likely N-dealkylation sites (N-methyl/N-ethyl adjacent to an activating group) is 1. The SMILES string of the molecule is CCN(CC(=O)NC(C)(C)C)C(=O)Cc1ccc(S(=O)(=O)N2CCOCC2)s1. The molecule has 10 heteroatoms. The summed E-state index contributed by atoms with van der Waals surface area (Å²) < 4.78 is 32.2. The second-order valence-electron chi connectivity index (χ2n) is 7.62. The smallest absolute Gasteiger partial charge is 0.252 e. The lowest BCUT2D eigenvalue weighted by Gasteiger charge is -2.25. The topological polar surface area (TPSA) is 96.0 Å². The Hall–Kier alpha value is -1.49. The molecule has 1 aromatic rings. The average molecular weight is 432 g/mol. The van der Waals surface area contributed by atoms with Crippen molar-refractivity contribution in [1.82, 2.24) is 14.5 Å². The molecule has 1 aliphatic heterocycles. The van der Waals surface area contributed by atoms with Gasteiger partial charge in [0.05, 0.1) is 26.2 Å². The van der Waals surface area contributed by atoms with E-state index in [1.807, 2.05) is 27.7 Å². The first kappa shape index (κ1) is 22.8. The molecule has 158 valence electrons. The van der Waals surface area contributed by atoms with E-state index in [4.69, 9.17) is 4.74 Å². The van der Waals surface area contributed by atoms with Crippen LogP contribution in [-0.2, 0) is 30.8 Å². The van der Waals surface area contributed by atoms with Crippen LogP contribution in [0.25, 0.3) is 0 Å². The maximum Gasteiger partial charge on any atom is 0.252 e. The minimum Gasteiger partial charge on any atom is -0.379 e. The molecule has 2 rings (SSSR count). The molecule has 1 aliphatic rings. The van der Waals surface area contributed by atoms with Crippen molar-refractivity contribution in [2.24, 2.45) is 0 Å². The highest BCUT2D eigenvalue weighted by Gasteiger charge is 2.28. The van der Waals surface area contributed by atoms with Gasteiger partial charge in [-0.25, -0.2) is 8.42 Å². The molecular formula is C18H29N3O5S2. The molecule has 8 nitrogen and oxygen atoms in total. The first-order valence-electron chi connectivity index (χ1n) is 9.28. The Labute approximate surface area is 170 Å². The minimum atomic E-state index is -3.56. The zero-order valence-electron chi connectivity index (χ0n) is 16.9. The normalized spacial score (nSPS) is 16.0. The molecule has 0 aliphatic carbocycles. The van der Waals surface area contributed by atoms with Crippen molar-refractivity contribution in [2.45, 2.75) is 43.9 Å². The first-order chi connectivity index (χ1) is 13.0. The quantitative estimate of drug-likeness (QED) is 0.697. The van der Waals surface area contributed by atoms with Gasteiger partial charge in [0.1, 0.15) is 4.21 Å². The van der Waals surface area contributed by atoms with E-state index in [0.29, 0.717) is 37.7 Å². The second kappa shape index (κ2) is 9.34. The van der Waals surface area contributed by atoms with Crippen LogP contribution in [0.5, 0.6) is 0 Å². The van der Waals surface area contributed by atoms with Crippen molar-refractivity contribution in [2.75, 3.05) is 39.4 Å². The molecule has 1 saturated heterocycles. The van der Waals surface area contributed by atoms with Gasteiger partial charge in [0, 0.05) is 30.1 Å². The maximum atomic E-state index is 12.7. The molecule has 0 aromatic carbocycles. The zero-order chi connectivity index (χ0) is 20.9. The zero-order valence-corrected chi connectivity index (χ0v) is 18.5. The molecule has 2 amide bonds. The lowest BCUT2D eigenvalue weighted by molar-refractivity contribution is -0.135. The molecule has 28 heavy (non-hydrogen) atoms. The summed E-state index contributed by atoms with van der Waals surface area (Å²) in [6, 6.07) is 3.21. The van der Waals surface area contributed by atoms with Crippen LogP contribution in [0.2, 0.25) is 0 Å². The van der Waals surface area contributed by atoms with Crippen LogP contribution in [0.1, 0.15) is 32.6 Å². The third-order valence-electron chi connectivity index (χ3n) is 4.11. The molecule has 0 bridgehead atoms. The number of nitrogens with one attached hydrogen (secondary N) is 1. The fraction of sp³-hybridized carbons (Fsp3) is 0.667. The third kappa shape index (κ3) is 6.26. The van der Waals surface area contributed by atoms with Gasteiger partial charge in [-0.1, -0.05) is 0 Å². The fourth-order valence-electron chi connectivity index (χ4n) is 2.77. The highest BCUT2D eigenvalue weighted by atomic mass is 32.2. The summed E-state index contributed by atoms with van der Waals surface area (Å²) in [5.74, 6) is -0.423. The number of carbonyl (C=O) groups is 2. The minimum absolute atomic E-state index is 0.0170. The summed E-state index contributed by atoms with van der Waals surface area (Å²) in [7, 11) is -3.56. The van der Waals surface area contributed by atoms with Gasteiger partial charge in [-0.15, -0.1) is 11.3 Å². The Morgan fingerprint density at radius 3 is 2.46 bits per heavy atom. The lowest BCUT2D eigenvalue weighted by atomic mass is 10.1. The van der Waals surface area contributed by atoms with E-state index < -0.39 is 10.0 Å². The number of rotatable bonds is 7. The molecule has 0 radical (unpaired) electrons. The summed E-state index contributed by atoms with van der Waals surface area (Å²) in [4.78, 5) is 26.8. The standard InChI is InChI=1S/C18H29N3O5S2/c1-5-20(13-15(22)19-18(2,3)4)16(23)12-14-6-7-17(27-14)28(24,25)21-8-10-26-11-9-21/h6-7H,5,8-13H2,1-4H3,(H,19,22). The number of hydrogen-bond donors (Lipinski definition) is 1. The highest BCUT2D eigenvalue weighted by Crippen LogP contribution is 2.26. The van der Waals surface area contributed by atoms with Gasteiger partial charge >= 0.3 is 0 Å². The van der Waals surface area contributed by atoms with Gasteiger partial charge in [-0.05, 0) is 39.8 Å². The Kier molecular flexibility index (Phi) is 7.60. The summed E-state index contributed by atoms with van der Waals surface area (Å²) >= 11 is 1.10. The second-order valence-corrected chi connectivity index (χ2v) is 11.0. The van der Waals surface area contributed by atoms with E-state index in [9.17, 15) is 18.0 Å². The number of thiophene rings is 1. The molecule has 0 atom stereocenters. The molecule has 1 N–H and O–H groups in total. The molecule has 1 fully saturated rings. The van der Waals surface area contributed by atoms with Crippen LogP contribution < -0.4 is 5.32 Å². The Morgan fingerprint density at radius 1 is 1.25 bits per heavy atom. The Bertz CT molecular complexity index is 792. The van der Waals surface area contributed by atoms with Crippen LogP contribution in [-0.4, -0.2) is 74.4 Å². The molecule has 1 aromatic heterocycles. The van der Waals surface area contributed by atoms with Crippen LogP contribution in [0.4, 0.5) is 0 Å². The number of amides is 2. The van der Waals surface area contributed by atoms with Crippen LogP contribution in [0, 0.1) is 0 Å².